The first kappa shape index (κ1) is 22.3. The second kappa shape index (κ2) is 12.7. The van der Waals surface area contributed by atoms with Crippen LogP contribution in [0.2, 0.25) is 0 Å². The predicted octanol–water partition coefficient (Wildman–Crippen LogP) is 0.766. The minimum absolute atomic E-state index is 0.0289. The van der Waals surface area contributed by atoms with Gasteiger partial charge in [0.2, 0.25) is 0 Å². The molecule has 25 heavy (non-hydrogen) atoms. The summed E-state index contributed by atoms with van der Waals surface area (Å²) in [7, 11) is 0. The summed E-state index contributed by atoms with van der Waals surface area (Å²) in [5, 5.41) is 28.8. The molecule has 0 aromatic heterocycles. The molecule has 0 aliphatic heterocycles. The number of unbranched alkanes of at least 4 members (excludes halogenated alkanes) is 1. The molecular formula is C15H23N3O7. The van der Waals surface area contributed by atoms with Crippen molar-refractivity contribution in [3.05, 3.63) is 33.9 Å². The van der Waals surface area contributed by atoms with Gasteiger partial charge in [0.05, 0.1) is 11.5 Å². The van der Waals surface area contributed by atoms with Gasteiger partial charge in [0, 0.05) is 19.2 Å². The van der Waals surface area contributed by atoms with Crippen molar-refractivity contribution in [1.82, 2.24) is 5.32 Å². The molecule has 10 heteroatoms. The summed E-state index contributed by atoms with van der Waals surface area (Å²) in [5.41, 5.74) is 6.23. The molecule has 0 aliphatic rings. The first-order chi connectivity index (χ1) is 11.8. The Morgan fingerprint density at radius 1 is 1.24 bits per heavy atom. The Morgan fingerprint density at radius 2 is 1.88 bits per heavy atom. The second-order valence-electron chi connectivity index (χ2n) is 4.93. The summed E-state index contributed by atoms with van der Waals surface area (Å²) in [6.45, 7) is 4.63. The van der Waals surface area contributed by atoms with Crippen LogP contribution in [0.1, 0.15) is 18.4 Å². The Labute approximate surface area is 144 Å². The van der Waals surface area contributed by atoms with Crippen molar-refractivity contribution in [3.63, 3.8) is 0 Å². The van der Waals surface area contributed by atoms with Crippen molar-refractivity contribution in [2.24, 2.45) is 5.73 Å². The normalized spacial score (nSPS) is 9.68. The molecule has 0 aliphatic carbocycles. The van der Waals surface area contributed by atoms with E-state index >= 15 is 0 Å². The van der Waals surface area contributed by atoms with Crippen LogP contribution in [0.3, 0.4) is 0 Å². The van der Waals surface area contributed by atoms with Crippen LogP contribution < -0.4 is 15.8 Å². The summed E-state index contributed by atoms with van der Waals surface area (Å²) in [6, 6.07) is 4.99. The molecule has 0 unspecified atom stereocenters. The fourth-order valence-corrected chi connectivity index (χ4v) is 1.65. The summed E-state index contributed by atoms with van der Waals surface area (Å²) < 4.78 is 5.47. The van der Waals surface area contributed by atoms with Gasteiger partial charge in [0.15, 0.2) is 5.75 Å². The zero-order valence-corrected chi connectivity index (χ0v) is 13.9. The van der Waals surface area contributed by atoms with Crippen LogP contribution in [0.15, 0.2) is 18.2 Å². The highest BCUT2D eigenvalue weighted by Gasteiger charge is 2.14. The number of nitrogens with two attached hydrogens (primary N) is 1. The summed E-state index contributed by atoms with van der Waals surface area (Å²) in [4.78, 5) is 28.7. The molecule has 0 heterocycles. The standard InChI is InChI=1S/C13H21N3O3.C2H2O4/c1-11-4-5-13(12(10-11)16(17)18)19-9-3-2-7-15-8-6-14;3-1(4)2(5)6/h4-5,10,15H,2-3,6-9,14H2,1H3;(H,3,4)(H,5,6). The molecule has 140 valence electrons. The van der Waals surface area contributed by atoms with Gasteiger partial charge >= 0.3 is 17.6 Å². The summed E-state index contributed by atoms with van der Waals surface area (Å²) in [6.07, 6.45) is 1.81. The highest BCUT2D eigenvalue weighted by atomic mass is 16.6. The van der Waals surface area contributed by atoms with Crippen molar-refractivity contribution < 1.29 is 29.5 Å². The fraction of sp³-hybridized carbons (Fsp3) is 0.467. The number of carbonyl (C=O) groups is 2. The minimum atomic E-state index is -1.82. The monoisotopic (exact) mass is 357 g/mol. The summed E-state index contributed by atoms with van der Waals surface area (Å²) in [5.74, 6) is -3.31. The lowest BCUT2D eigenvalue weighted by atomic mass is 10.2. The van der Waals surface area contributed by atoms with Crippen molar-refractivity contribution in [2.45, 2.75) is 19.8 Å². The van der Waals surface area contributed by atoms with E-state index in [-0.39, 0.29) is 5.69 Å². The lowest BCUT2D eigenvalue weighted by molar-refractivity contribution is -0.385. The van der Waals surface area contributed by atoms with Crippen molar-refractivity contribution in [1.29, 1.82) is 0 Å². The van der Waals surface area contributed by atoms with Crippen LogP contribution in [0.25, 0.3) is 0 Å². The summed E-state index contributed by atoms with van der Waals surface area (Å²) >= 11 is 0. The van der Waals surface area contributed by atoms with Crippen LogP contribution in [0.5, 0.6) is 5.75 Å². The molecule has 0 fully saturated rings. The number of aryl methyl sites for hydroxylation is 1. The van der Waals surface area contributed by atoms with Gasteiger partial charge in [-0.1, -0.05) is 6.07 Å². The molecule has 0 radical (unpaired) electrons. The molecule has 0 bridgehead atoms. The molecule has 10 nitrogen and oxygen atoms in total. The average molecular weight is 357 g/mol. The lowest BCUT2D eigenvalue weighted by Gasteiger charge is -2.07. The number of rotatable bonds is 9. The maximum absolute atomic E-state index is 10.9. The van der Waals surface area contributed by atoms with Crippen LogP contribution in [-0.2, 0) is 9.59 Å². The van der Waals surface area contributed by atoms with E-state index in [0.29, 0.717) is 18.9 Å². The van der Waals surface area contributed by atoms with E-state index in [9.17, 15) is 10.1 Å². The highest BCUT2D eigenvalue weighted by molar-refractivity contribution is 6.27. The number of nitro groups is 1. The molecule has 1 aromatic rings. The lowest BCUT2D eigenvalue weighted by Crippen LogP contribution is -2.23. The van der Waals surface area contributed by atoms with E-state index in [1.807, 2.05) is 13.0 Å². The van der Waals surface area contributed by atoms with Crippen molar-refractivity contribution in [2.75, 3.05) is 26.2 Å². The van der Waals surface area contributed by atoms with Gasteiger partial charge in [0.1, 0.15) is 0 Å². The Hall–Kier alpha value is -2.72. The van der Waals surface area contributed by atoms with E-state index in [0.717, 1.165) is 31.5 Å². The van der Waals surface area contributed by atoms with Gasteiger partial charge in [-0.15, -0.1) is 0 Å². The number of carboxylic acids is 2. The van der Waals surface area contributed by atoms with Crippen LogP contribution in [0, 0.1) is 17.0 Å². The third-order valence-electron chi connectivity index (χ3n) is 2.82. The Balaban J connectivity index is 0.000000823. The molecule has 0 spiro atoms. The second-order valence-corrected chi connectivity index (χ2v) is 4.93. The number of benzene rings is 1. The van der Waals surface area contributed by atoms with E-state index in [4.69, 9.17) is 30.3 Å². The predicted molar refractivity (Wildman–Crippen MR) is 89.8 cm³/mol. The average Bonchev–Trinajstić information content (AvgIpc) is 2.55. The Morgan fingerprint density at radius 3 is 2.40 bits per heavy atom. The Bertz CT molecular complexity index is 566. The van der Waals surface area contributed by atoms with Gasteiger partial charge in [-0.3, -0.25) is 10.1 Å². The van der Waals surface area contributed by atoms with Gasteiger partial charge in [-0.25, -0.2) is 9.59 Å². The third kappa shape index (κ3) is 10.6. The zero-order chi connectivity index (χ0) is 19.2. The van der Waals surface area contributed by atoms with Crippen LogP contribution >= 0.6 is 0 Å². The topological polar surface area (TPSA) is 165 Å². The number of nitrogens with one attached hydrogen (secondary N) is 1. The molecule has 1 aromatic carbocycles. The highest BCUT2D eigenvalue weighted by Crippen LogP contribution is 2.27. The molecular weight excluding hydrogens is 334 g/mol. The molecule has 1 rings (SSSR count). The van der Waals surface area contributed by atoms with Crippen LogP contribution in [0.4, 0.5) is 5.69 Å². The number of ether oxygens (including phenoxy) is 1. The zero-order valence-electron chi connectivity index (χ0n) is 13.9. The minimum Gasteiger partial charge on any atom is -0.487 e. The Kier molecular flexibility index (Phi) is 11.3. The van der Waals surface area contributed by atoms with E-state index in [1.54, 1.807) is 6.07 Å². The molecule has 0 saturated carbocycles. The maximum atomic E-state index is 10.9. The third-order valence-corrected chi connectivity index (χ3v) is 2.82. The first-order valence-corrected chi connectivity index (χ1v) is 7.54. The van der Waals surface area contributed by atoms with Gasteiger partial charge in [-0.2, -0.15) is 0 Å². The first-order valence-electron chi connectivity index (χ1n) is 7.54. The number of nitrogens with zero attached hydrogens (tertiary/aromatic N) is 1. The molecule has 0 atom stereocenters. The number of hydrogen-bond donors (Lipinski definition) is 4. The van der Waals surface area contributed by atoms with E-state index in [1.165, 1.54) is 6.07 Å². The van der Waals surface area contributed by atoms with Gasteiger partial charge in [0.25, 0.3) is 0 Å². The van der Waals surface area contributed by atoms with Gasteiger partial charge in [-0.05, 0) is 37.9 Å². The fourth-order valence-electron chi connectivity index (χ4n) is 1.65. The molecule has 0 saturated heterocycles. The van der Waals surface area contributed by atoms with E-state index in [2.05, 4.69) is 5.32 Å². The number of carboxylic acid groups (broad SMARTS) is 2. The SMILES string of the molecule is Cc1ccc(OCCCCNCCN)c([N+](=O)[O-])c1.O=C(O)C(=O)O. The largest absolute Gasteiger partial charge is 0.487 e. The number of aliphatic carboxylic acids is 2. The smallest absolute Gasteiger partial charge is 0.414 e. The van der Waals surface area contributed by atoms with Crippen molar-refractivity contribution in [3.8, 4) is 5.75 Å². The van der Waals surface area contributed by atoms with Gasteiger partial charge < -0.3 is 26.0 Å². The number of nitro benzene ring substituents is 1. The van der Waals surface area contributed by atoms with E-state index < -0.39 is 16.9 Å². The quantitative estimate of drug-likeness (QED) is 0.216. The molecule has 0 amide bonds. The number of hydrogen-bond acceptors (Lipinski definition) is 7. The molecule has 5 N–H and O–H groups in total. The maximum Gasteiger partial charge on any atom is 0.414 e. The van der Waals surface area contributed by atoms with Crippen LogP contribution in [-0.4, -0.2) is 53.3 Å². The van der Waals surface area contributed by atoms with Crippen molar-refractivity contribution >= 4 is 17.6 Å².